The Hall–Kier alpha value is -3.72. The van der Waals surface area contributed by atoms with Gasteiger partial charge in [-0.05, 0) is 61.0 Å². The van der Waals surface area contributed by atoms with E-state index >= 15 is 0 Å². The third-order valence-electron chi connectivity index (χ3n) is 5.62. The van der Waals surface area contributed by atoms with E-state index in [2.05, 4.69) is 26.0 Å². The molecule has 5 rings (SSSR count). The number of allylic oxidation sites excluding steroid dienone is 2. The van der Waals surface area contributed by atoms with Crippen LogP contribution in [-0.2, 0) is 0 Å². The Balaban J connectivity index is 1.42. The first-order valence-electron chi connectivity index (χ1n) is 10.4. The molecular formula is C25H19BrF2N4O2. The Bertz CT molecular complexity index is 1500. The first-order valence-corrected chi connectivity index (χ1v) is 11.2. The summed E-state index contributed by atoms with van der Waals surface area (Å²) in [5.74, 6) is -2.74. The van der Waals surface area contributed by atoms with Gasteiger partial charge < -0.3 is 15.5 Å². The van der Waals surface area contributed by atoms with Crippen molar-refractivity contribution in [3.63, 3.8) is 0 Å². The van der Waals surface area contributed by atoms with Gasteiger partial charge in [-0.2, -0.15) is 9.49 Å². The molecule has 0 radical (unpaired) electrons. The molecule has 2 aromatic carbocycles. The lowest BCUT2D eigenvalue weighted by atomic mass is 10.1. The Morgan fingerprint density at radius 1 is 1.29 bits per heavy atom. The minimum Gasteiger partial charge on any atom is -0.454 e. The molecule has 0 aliphatic heterocycles. The number of carbonyl (C=O) groups is 1. The summed E-state index contributed by atoms with van der Waals surface area (Å²) >= 11 is 3.48. The molecule has 2 heterocycles. The molecule has 1 unspecified atom stereocenters. The van der Waals surface area contributed by atoms with E-state index in [-0.39, 0.29) is 22.9 Å². The topological polar surface area (TPSA) is 85.9 Å². The zero-order valence-corrected chi connectivity index (χ0v) is 19.6. The van der Waals surface area contributed by atoms with E-state index in [1.807, 2.05) is 18.2 Å². The highest BCUT2D eigenvalue weighted by atomic mass is 79.9. The number of nitrogens with zero attached hydrogens (tertiary/aromatic N) is 2. The lowest BCUT2D eigenvalue weighted by Crippen LogP contribution is -2.29. The quantitative estimate of drug-likeness (QED) is 0.309. The predicted molar refractivity (Wildman–Crippen MR) is 130 cm³/mol. The second-order valence-corrected chi connectivity index (χ2v) is 8.91. The lowest BCUT2D eigenvalue weighted by Gasteiger charge is -2.25. The molecule has 1 aliphatic carbocycles. The molecule has 4 aromatic rings. The SMILES string of the molecule is Cc1cc(OC2(F)C=CC=C(F)C2)ccc1-n1ncc(C(=O)c2cc3c(Br)cccc3[nH]2)c1N. The van der Waals surface area contributed by atoms with E-state index < -0.39 is 18.1 Å². The number of fused-ring (bicyclic) bond motifs is 1. The molecule has 0 saturated heterocycles. The molecule has 9 heteroatoms. The third kappa shape index (κ3) is 3.92. The van der Waals surface area contributed by atoms with Gasteiger partial charge in [-0.15, -0.1) is 0 Å². The summed E-state index contributed by atoms with van der Waals surface area (Å²) < 4.78 is 36.0. The van der Waals surface area contributed by atoms with E-state index in [1.165, 1.54) is 29.1 Å². The summed E-state index contributed by atoms with van der Waals surface area (Å²) in [6, 6.07) is 12.2. The number of nitrogen functional groups attached to an aromatic ring is 1. The third-order valence-corrected chi connectivity index (χ3v) is 6.31. The highest BCUT2D eigenvalue weighted by Gasteiger charge is 2.32. The van der Waals surface area contributed by atoms with Crippen molar-refractivity contribution in [3.05, 3.63) is 94.0 Å². The Kier molecular flexibility index (Phi) is 5.36. The second kappa shape index (κ2) is 8.25. The normalized spacial score (nSPS) is 17.7. The number of benzene rings is 2. The summed E-state index contributed by atoms with van der Waals surface area (Å²) in [6.45, 7) is 1.78. The van der Waals surface area contributed by atoms with Gasteiger partial charge in [0.05, 0.1) is 29.6 Å². The number of halogens is 3. The number of alkyl halides is 1. The summed E-state index contributed by atoms with van der Waals surface area (Å²) in [7, 11) is 0. The number of carbonyl (C=O) groups excluding carboxylic acids is 1. The number of H-pyrrole nitrogens is 1. The van der Waals surface area contributed by atoms with Crippen molar-refractivity contribution in [1.29, 1.82) is 0 Å². The van der Waals surface area contributed by atoms with Gasteiger partial charge in [-0.3, -0.25) is 4.79 Å². The van der Waals surface area contributed by atoms with E-state index in [0.717, 1.165) is 15.4 Å². The van der Waals surface area contributed by atoms with Crippen molar-refractivity contribution in [2.75, 3.05) is 5.73 Å². The van der Waals surface area contributed by atoms with Crippen LogP contribution in [0.25, 0.3) is 16.6 Å². The van der Waals surface area contributed by atoms with Crippen molar-refractivity contribution in [3.8, 4) is 11.4 Å². The Morgan fingerprint density at radius 3 is 2.85 bits per heavy atom. The maximum atomic E-state index is 14.8. The van der Waals surface area contributed by atoms with Crippen LogP contribution in [0.5, 0.6) is 5.75 Å². The Labute approximate surface area is 201 Å². The molecule has 0 saturated carbocycles. The van der Waals surface area contributed by atoms with E-state index in [0.29, 0.717) is 16.9 Å². The second-order valence-electron chi connectivity index (χ2n) is 8.05. The van der Waals surface area contributed by atoms with Gasteiger partial charge in [0.1, 0.15) is 17.4 Å². The van der Waals surface area contributed by atoms with E-state index in [4.69, 9.17) is 10.5 Å². The molecule has 1 aliphatic rings. The van der Waals surface area contributed by atoms with Crippen LogP contribution in [0.15, 0.2) is 77.2 Å². The van der Waals surface area contributed by atoms with Gasteiger partial charge in [0.15, 0.2) is 0 Å². The highest BCUT2D eigenvalue weighted by molar-refractivity contribution is 9.10. The number of ketones is 1. The molecule has 2 aromatic heterocycles. The van der Waals surface area contributed by atoms with Gasteiger partial charge in [0, 0.05) is 15.4 Å². The van der Waals surface area contributed by atoms with Crippen LogP contribution in [0.4, 0.5) is 14.6 Å². The molecule has 34 heavy (non-hydrogen) atoms. The molecule has 172 valence electrons. The van der Waals surface area contributed by atoms with Crippen LogP contribution in [0.1, 0.15) is 28.0 Å². The van der Waals surface area contributed by atoms with Crippen molar-refractivity contribution in [2.45, 2.75) is 19.2 Å². The monoisotopic (exact) mass is 524 g/mol. The van der Waals surface area contributed by atoms with Crippen LogP contribution >= 0.6 is 15.9 Å². The largest absolute Gasteiger partial charge is 0.454 e. The van der Waals surface area contributed by atoms with Gasteiger partial charge in [-0.25, -0.2) is 9.07 Å². The minimum atomic E-state index is -2.26. The zero-order chi connectivity index (χ0) is 24.0. The molecule has 3 N–H and O–H groups in total. The molecule has 1 atom stereocenters. The maximum Gasteiger partial charge on any atom is 0.273 e. The lowest BCUT2D eigenvalue weighted by molar-refractivity contribution is -0.0197. The molecule has 0 bridgehead atoms. The van der Waals surface area contributed by atoms with Gasteiger partial charge >= 0.3 is 0 Å². The fourth-order valence-electron chi connectivity index (χ4n) is 3.95. The van der Waals surface area contributed by atoms with E-state index in [1.54, 1.807) is 31.2 Å². The standard InChI is InChI=1S/C25H19BrF2N4O2/c1-14-10-16(34-25(28)9-3-4-15(27)12-25)7-8-22(14)32-24(29)18(13-30-32)23(33)21-11-17-19(26)5-2-6-20(17)31-21/h2-11,13,31H,12,29H2,1H3. The van der Waals surface area contributed by atoms with Crippen LogP contribution in [0.3, 0.4) is 0 Å². The fourth-order valence-corrected chi connectivity index (χ4v) is 4.43. The maximum absolute atomic E-state index is 14.8. The number of hydrogen-bond acceptors (Lipinski definition) is 4. The first-order chi connectivity index (χ1) is 16.2. The summed E-state index contributed by atoms with van der Waals surface area (Å²) in [4.78, 5) is 16.2. The van der Waals surface area contributed by atoms with Crippen LogP contribution in [-0.4, -0.2) is 26.4 Å². The van der Waals surface area contributed by atoms with Crippen LogP contribution in [0.2, 0.25) is 0 Å². The summed E-state index contributed by atoms with van der Waals surface area (Å²) in [5, 5.41) is 5.18. The zero-order valence-electron chi connectivity index (χ0n) is 18.0. The van der Waals surface area contributed by atoms with E-state index in [9.17, 15) is 13.6 Å². The molecule has 0 spiro atoms. The summed E-state index contributed by atoms with van der Waals surface area (Å²) in [5.41, 5.74) is 9.04. The molecule has 6 nitrogen and oxygen atoms in total. The highest BCUT2D eigenvalue weighted by Crippen LogP contribution is 2.33. The number of ether oxygens (including phenoxy) is 1. The smallest absolute Gasteiger partial charge is 0.273 e. The van der Waals surface area contributed by atoms with Crippen molar-refractivity contribution in [1.82, 2.24) is 14.8 Å². The molecule has 0 amide bonds. The average molecular weight is 525 g/mol. The number of anilines is 1. The number of aryl methyl sites for hydroxylation is 1. The van der Waals surface area contributed by atoms with Crippen molar-refractivity contribution in [2.24, 2.45) is 0 Å². The van der Waals surface area contributed by atoms with Gasteiger partial charge in [0.2, 0.25) is 5.78 Å². The van der Waals surface area contributed by atoms with Crippen molar-refractivity contribution < 1.29 is 18.3 Å². The number of aromatic nitrogens is 3. The Morgan fingerprint density at radius 2 is 2.12 bits per heavy atom. The number of aromatic amines is 1. The van der Waals surface area contributed by atoms with Gasteiger partial charge in [-0.1, -0.05) is 28.1 Å². The molecule has 0 fully saturated rings. The molecular weight excluding hydrogens is 506 g/mol. The first kappa shape index (κ1) is 22.1. The number of hydrogen-bond donors (Lipinski definition) is 2. The number of nitrogens with one attached hydrogen (secondary N) is 1. The van der Waals surface area contributed by atoms with Crippen molar-refractivity contribution >= 4 is 38.4 Å². The van der Waals surface area contributed by atoms with Gasteiger partial charge in [0.25, 0.3) is 5.85 Å². The van der Waals surface area contributed by atoms with Crippen LogP contribution in [0, 0.1) is 6.92 Å². The predicted octanol–water partition coefficient (Wildman–Crippen LogP) is 6.10. The van der Waals surface area contributed by atoms with Crippen LogP contribution < -0.4 is 10.5 Å². The number of rotatable bonds is 5. The summed E-state index contributed by atoms with van der Waals surface area (Å²) in [6.07, 6.45) is 4.58. The number of nitrogens with two attached hydrogens (primary N) is 1. The fraction of sp³-hybridized carbons (Fsp3) is 0.120. The minimum absolute atomic E-state index is 0.170. The average Bonchev–Trinajstić information content (AvgIpc) is 3.38.